The number of carbonyl (C=O) groups is 3. The van der Waals surface area contributed by atoms with Crippen molar-refractivity contribution in [1.82, 2.24) is 15.1 Å². The van der Waals surface area contributed by atoms with Gasteiger partial charge in [-0.05, 0) is 38.8 Å². The van der Waals surface area contributed by atoms with Crippen molar-refractivity contribution in [3.05, 3.63) is 0 Å². The van der Waals surface area contributed by atoms with Crippen molar-refractivity contribution >= 4 is 17.7 Å². The number of nitrogens with one attached hydrogen (secondary N) is 1. The fourth-order valence-electron chi connectivity index (χ4n) is 3.28. The molecule has 2 saturated heterocycles. The molecule has 3 amide bonds. The van der Waals surface area contributed by atoms with Crippen molar-refractivity contribution in [2.45, 2.75) is 25.7 Å². The topological polar surface area (TPSA) is 95.7 Å². The molecule has 7 heteroatoms. The molecular weight excluding hydrogens is 284 g/mol. The molecule has 0 aromatic rings. The van der Waals surface area contributed by atoms with Gasteiger partial charge in [-0.25, -0.2) is 0 Å². The average Bonchev–Trinajstić information content (AvgIpc) is 2.54. The number of nitrogens with two attached hydrogens (primary N) is 1. The number of hydrogen-bond donors (Lipinski definition) is 2. The van der Waals surface area contributed by atoms with Crippen LogP contribution in [0.2, 0.25) is 0 Å². The van der Waals surface area contributed by atoms with E-state index in [1.165, 1.54) is 0 Å². The lowest BCUT2D eigenvalue weighted by atomic mass is 9.95. The highest BCUT2D eigenvalue weighted by Gasteiger charge is 2.29. The second-order valence-corrected chi connectivity index (χ2v) is 6.25. The normalized spacial score (nSPS) is 24.0. The largest absolute Gasteiger partial charge is 0.369 e. The molecule has 0 aliphatic carbocycles. The third-order valence-electron chi connectivity index (χ3n) is 4.74. The van der Waals surface area contributed by atoms with Gasteiger partial charge in [-0.1, -0.05) is 0 Å². The number of piperidine rings is 2. The Kier molecular flexibility index (Phi) is 5.76. The number of hydrogen-bond acceptors (Lipinski definition) is 4. The third-order valence-corrected chi connectivity index (χ3v) is 4.74. The second-order valence-electron chi connectivity index (χ2n) is 6.25. The molecule has 0 spiro atoms. The Morgan fingerprint density at radius 3 is 2.36 bits per heavy atom. The van der Waals surface area contributed by atoms with Gasteiger partial charge in [0.1, 0.15) is 0 Å². The van der Waals surface area contributed by atoms with Crippen LogP contribution in [0.4, 0.5) is 0 Å². The van der Waals surface area contributed by atoms with Crippen LogP contribution in [-0.2, 0) is 14.4 Å². The maximum absolute atomic E-state index is 12.4. The van der Waals surface area contributed by atoms with Crippen molar-refractivity contribution < 1.29 is 14.4 Å². The van der Waals surface area contributed by atoms with Crippen molar-refractivity contribution in [2.75, 3.05) is 39.8 Å². The zero-order valence-electron chi connectivity index (χ0n) is 13.2. The van der Waals surface area contributed by atoms with Gasteiger partial charge in [0.2, 0.25) is 17.7 Å². The van der Waals surface area contributed by atoms with Crippen molar-refractivity contribution in [3.8, 4) is 0 Å². The minimum Gasteiger partial charge on any atom is -0.369 e. The van der Waals surface area contributed by atoms with Crippen LogP contribution in [-0.4, -0.2) is 67.3 Å². The summed E-state index contributed by atoms with van der Waals surface area (Å²) in [6, 6.07) is 0. The zero-order chi connectivity index (χ0) is 16.1. The molecule has 3 N–H and O–H groups in total. The molecule has 1 atom stereocenters. The molecule has 2 heterocycles. The Hall–Kier alpha value is -1.63. The van der Waals surface area contributed by atoms with E-state index in [0.29, 0.717) is 19.6 Å². The van der Waals surface area contributed by atoms with Crippen molar-refractivity contribution in [3.63, 3.8) is 0 Å². The van der Waals surface area contributed by atoms with Crippen LogP contribution < -0.4 is 11.1 Å². The summed E-state index contributed by atoms with van der Waals surface area (Å²) >= 11 is 0. The lowest BCUT2D eigenvalue weighted by Gasteiger charge is -2.35. The van der Waals surface area contributed by atoms with Gasteiger partial charge in [0.25, 0.3) is 0 Å². The Labute approximate surface area is 131 Å². The Morgan fingerprint density at radius 1 is 1.09 bits per heavy atom. The van der Waals surface area contributed by atoms with Gasteiger partial charge < -0.3 is 16.0 Å². The molecule has 2 fully saturated rings. The lowest BCUT2D eigenvalue weighted by Crippen LogP contribution is -2.49. The molecule has 2 aliphatic rings. The smallest absolute Gasteiger partial charge is 0.236 e. The number of carbonyl (C=O) groups excluding carboxylic acids is 3. The number of likely N-dealkylation sites (tertiary alicyclic amines) is 2. The Morgan fingerprint density at radius 2 is 1.77 bits per heavy atom. The molecule has 1 unspecified atom stereocenters. The van der Waals surface area contributed by atoms with Gasteiger partial charge in [0.05, 0.1) is 12.5 Å². The lowest BCUT2D eigenvalue weighted by molar-refractivity contribution is -0.136. The van der Waals surface area contributed by atoms with Crippen LogP contribution in [0.25, 0.3) is 0 Å². The van der Waals surface area contributed by atoms with E-state index < -0.39 is 0 Å². The fraction of sp³-hybridized carbons (Fsp3) is 0.800. The third kappa shape index (κ3) is 4.19. The van der Waals surface area contributed by atoms with Gasteiger partial charge in [0.15, 0.2) is 0 Å². The first-order chi connectivity index (χ1) is 10.5. The molecular formula is C15H26N4O3. The van der Waals surface area contributed by atoms with Gasteiger partial charge >= 0.3 is 0 Å². The maximum Gasteiger partial charge on any atom is 0.236 e. The standard InChI is InChI=1S/C15H26N4O3/c1-17-15(22)11-4-7-18(8-5-11)10-13(20)19-6-2-3-12(9-19)14(16)21/h11-12H,2-10H2,1H3,(H2,16,21)(H,17,22). The van der Waals surface area contributed by atoms with E-state index in [9.17, 15) is 14.4 Å². The molecule has 124 valence electrons. The van der Waals surface area contributed by atoms with Crippen LogP contribution in [0.5, 0.6) is 0 Å². The number of amides is 3. The summed E-state index contributed by atoms with van der Waals surface area (Å²) < 4.78 is 0. The van der Waals surface area contributed by atoms with Crippen LogP contribution in [0.1, 0.15) is 25.7 Å². The van der Waals surface area contributed by atoms with Gasteiger partial charge in [0, 0.05) is 26.1 Å². The molecule has 2 rings (SSSR count). The molecule has 2 aliphatic heterocycles. The summed E-state index contributed by atoms with van der Waals surface area (Å²) in [5, 5.41) is 2.68. The highest BCUT2D eigenvalue weighted by Crippen LogP contribution is 2.19. The average molecular weight is 310 g/mol. The summed E-state index contributed by atoms with van der Waals surface area (Å²) in [5.74, 6) is -0.318. The quantitative estimate of drug-likeness (QED) is 0.708. The second kappa shape index (κ2) is 7.58. The fourth-order valence-corrected chi connectivity index (χ4v) is 3.28. The van der Waals surface area contributed by atoms with Crippen molar-refractivity contribution in [1.29, 1.82) is 0 Å². The van der Waals surface area contributed by atoms with Crippen molar-refractivity contribution in [2.24, 2.45) is 17.6 Å². The number of nitrogens with zero attached hydrogens (tertiary/aromatic N) is 2. The van der Waals surface area contributed by atoms with E-state index in [1.54, 1.807) is 11.9 Å². The minimum absolute atomic E-state index is 0.0596. The molecule has 0 aromatic carbocycles. The van der Waals surface area contributed by atoms with E-state index in [0.717, 1.165) is 38.8 Å². The molecule has 0 saturated carbocycles. The zero-order valence-corrected chi connectivity index (χ0v) is 13.2. The van der Waals surface area contributed by atoms with E-state index in [-0.39, 0.29) is 29.6 Å². The molecule has 7 nitrogen and oxygen atoms in total. The molecule has 22 heavy (non-hydrogen) atoms. The highest BCUT2D eigenvalue weighted by molar-refractivity contribution is 5.81. The van der Waals surface area contributed by atoms with Crippen LogP contribution >= 0.6 is 0 Å². The van der Waals surface area contributed by atoms with Crippen LogP contribution in [0, 0.1) is 11.8 Å². The highest BCUT2D eigenvalue weighted by atomic mass is 16.2. The summed E-state index contributed by atoms with van der Waals surface area (Å²) in [7, 11) is 1.66. The first kappa shape index (κ1) is 16.7. The predicted octanol–water partition coefficient (Wildman–Crippen LogP) is -0.832. The van der Waals surface area contributed by atoms with E-state index >= 15 is 0 Å². The minimum atomic E-state index is -0.316. The van der Waals surface area contributed by atoms with E-state index in [4.69, 9.17) is 5.73 Å². The van der Waals surface area contributed by atoms with Gasteiger partial charge in [-0.2, -0.15) is 0 Å². The summed E-state index contributed by atoms with van der Waals surface area (Å²) in [5.41, 5.74) is 5.35. The number of rotatable bonds is 4. The van der Waals surface area contributed by atoms with Gasteiger partial charge in [-0.3, -0.25) is 19.3 Å². The summed E-state index contributed by atoms with van der Waals surface area (Å²) in [6.45, 7) is 3.04. The van der Waals surface area contributed by atoms with E-state index in [1.807, 2.05) is 0 Å². The summed E-state index contributed by atoms with van der Waals surface area (Å²) in [6.07, 6.45) is 3.18. The Balaban J connectivity index is 1.78. The number of primary amides is 1. The first-order valence-electron chi connectivity index (χ1n) is 8.02. The molecule has 0 bridgehead atoms. The SMILES string of the molecule is CNC(=O)C1CCN(CC(=O)N2CCCC(C(N)=O)C2)CC1. The monoisotopic (exact) mass is 310 g/mol. The van der Waals surface area contributed by atoms with E-state index in [2.05, 4.69) is 10.2 Å². The predicted molar refractivity (Wildman–Crippen MR) is 81.7 cm³/mol. The van der Waals surface area contributed by atoms with Gasteiger partial charge in [-0.15, -0.1) is 0 Å². The molecule has 0 radical (unpaired) electrons. The van der Waals surface area contributed by atoms with Crippen LogP contribution in [0.3, 0.4) is 0 Å². The summed E-state index contributed by atoms with van der Waals surface area (Å²) in [4.78, 5) is 39.1. The first-order valence-corrected chi connectivity index (χ1v) is 8.02. The molecule has 0 aromatic heterocycles. The van der Waals surface area contributed by atoms with Crippen LogP contribution in [0.15, 0.2) is 0 Å². The Bertz CT molecular complexity index is 433. The maximum atomic E-state index is 12.4.